The van der Waals surface area contributed by atoms with Gasteiger partial charge in [-0.15, -0.1) is 10.2 Å². The summed E-state index contributed by atoms with van der Waals surface area (Å²) in [4.78, 5) is 6.44. The summed E-state index contributed by atoms with van der Waals surface area (Å²) in [7, 11) is 3.91. The first-order chi connectivity index (χ1) is 8.69. The molecular formula is C11H15N5S2. The van der Waals surface area contributed by atoms with Crippen LogP contribution in [0.4, 0.5) is 10.9 Å². The van der Waals surface area contributed by atoms with Crippen LogP contribution >= 0.6 is 23.1 Å². The van der Waals surface area contributed by atoms with Gasteiger partial charge in [0.15, 0.2) is 4.34 Å². The Bertz CT molecular complexity index is 512. The van der Waals surface area contributed by atoms with E-state index in [0.29, 0.717) is 0 Å². The molecule has 0 aliphatic heterocycles. The van der Waals surface area contributed by atoms with Crippen molar-refractivity contribution in [3.05, 3.63) is 18.2 Å². The molecule has 2 aromatic heterocycles. The molecule has 0 spiro atoms. The summed E-state index contributed by atoms with van der Waals surface area (Å²) in [5.74, 6) is 0.889. The Morgan fingerprint density at radius 2 is 2.17 bits per heavy atom. The molecule has 0 fully saturated rings. The van der Waals surface area contributed by atoms with Crippen molar-refractivity contribution in [2.45, 2.75) is 16.3 Å². The average Bonchev–Trinajstić information content (AvgIpc) is 2.78. The number of hydrogen-bond donors (Lipinski definition) is 1. The van der Waals surface area contributed by atoms with Crippen LogP contribution in [0.15, 0.2) is 27.6 Å². The molecule has 0 aliphatic carbocycles. The molecule has 0 amide bonds. The molecule has 0 saturated carbocycles. The van der Waals surface area contributed by atoms with Gasteiger partial charge in [-0.25, -0.2) is 4.98 Å². The average molecular weight is 281 g/mol. The van der Waals surface area contributed by atoms with Crippen molar-refractivity contribution in [1.29, 1.82) is 0 Å². The van der Waals surface area contributed by atoms with E-state index >= 15 is 0 Å². The minimum atomic E-state index is 0.866. The first-order valence-corrected chi connectivity index (χ1v) is 7.22. The fourth-order valence-electron chi connectivity index (χ4n) is 1.27. The number of hydrogen-bond acceptors (Lipinski definition) is 7. The van der Waals surface area contributed by atoms with E-state index in [2.05, 4.69) is 27.4 Å². The van der Waals surface area contributed by atoms with Crippen LogP contribution < -0.4 is 10.2 Å². The van der Waals surface area contributed by atoms with Gasteiger partial charge in [-0.05, 0) is 30.8 Å². The summed E-state index contributed by atoms with van der Waals surface area (Å²) in [6.45, 7) is 2.92. The van der Waals surface area contributed by atoms with Crippen LogP contribution in [0.25, 0.3) is 0 Å². The lowest BCUT2D eigenvalue weighted by Crippen LogP contribution is -2.07. The molecule has 7 heteroatoms. The van der Waals surface area contributed by atoms with Gasteiger partial charge in [0, 0.05) is 20.6 Å². The SMILES string of the molecule is CCNc1cccc(Sc2nnc(N(C)C)s2)n1. The lowest BCUT2D eigenvalue weighted by atomic mass is 10.4. The second-order valence-electron chi connectivity index (χ2n) is 3.74. The highest BCUT2D eigenvalue weighted by Crippen LogP contribution is 2.31. The maximum atomic E-state index is 4.49. The molecule has 2 aromatic rings. The first kappa shape index (κ1) is 13.1. The van der Waals surface area contributed by atoms with E-state index in [0.717, 1.165) is 26.9 Å². The van der Waals surface area contributed by atoms with Crippen molar-refractivity contribution in [3.63, 3.8) is 0 Å². The molecule has 0 radical (unpaired) electrons. The Kier molecular flexibility index (Phi) is 4.38. The fraction of sp³-hybridized carbons (Fsp3) is 0.364. The van der Waals surface area contributed by atoms with Crippen molar-refractivity contribution in [1.82, 2.24) is 15.2 Å². The topological polar surface area (TPSA) is 53.9 Å². The molecule has 0 unspecified atom stereocenters. The van der Waals surface area contributed by atoms with Gasteiger partial charge in [0.2, 0.25) is 5.13 Å². The van der Waals surface area contributed by atoms with Gasteiger partial charge in [0.1, 0.15) is 10.8 Å². The molecule has 5 nitrogen and oxygen atoms in total. The predicted octanol–water partition coefficient (Wildman–Crippen LogP) is 2.58. The monoisotopic (exact) mass is 281 g/mol. The van der Waals surface area contributed by atoms with Gasteiger partial charge in [-0.3, -0.25) is 0 Å². The quantitative estimate of drug-likeness (QED) is 0.909. The zero-order valence-electron chi connectivity index (χ0n) is 10.5. The highest BCUT2D eigenvalue weighted by molar-refractivity contribution is 8.01. The summed E-state index contributed by atoms with van der Waals surface area (Å²) >= 11 is 3.09. The highest BCUT2D eigenvalue weighted by atomic mass is 32.2. The van der Waals surface area contributed by atoms with Crippen LogP contribution in [-0.2, 0) is 0 Å². The van der Waals surface area contributed by atoms with E-state index < -0.39 is 0 Å². The van der Waals surface area contributed by atoms with Gasteiger partial charge < -0.3 is 10.2 Å². The van der Waals surface area contributed by atoms with Gasteiger partial charge in [-0.1, -0.05) is 17.4 Å². The van der Waals surface area contributed by atoms with Crippen LogP contribution in [0, 0.1) is 0 Å². The lowest BCUT2D eigenvalue weighted by molar-refractivity contribution is 0.970. The zero-order chi connectivity index (χ0) is 13.0. The largest absolute Gasteiger partial charge is 0.370 e. The summed E-state index contributed by atoms with van der Waals surface area (Å²) in [5.41, 5.74) is 0. The van der Waals surface area contributed by atoms with Crippen molar-refractivity contribution in [2.75, 3.05) is 30.9 Å². The Hall–Kier alpha value is -1.34. The summed E-state index contributed by atoms with van der Waals surface area (Å²) in [5, 5.41) is 13.3. The molecule has 96 valence electrons. The predicted molar refractivity (Wildman–Crippen MR) is 76.8 cm³/mol. The van der Waals surface area contributed by atoms with Crippen LogP contribution in [0.3, 0.4) is 0 Å². The maximum absolute atomic E-state index is 4.49. The van der Waals surface area contributed by atoms with Gasteiger partial charge >= 0.3 is 0 Å². The Balaban J connectivity index is 2.10. The third-order valence-electron chi connectivity index (χ3n) is 2.05. The minimum absolute atomic E-state index is 0.866. The molecule has 0 saturated heterocycles. The molecule has 2 rings (SSSR count). The Morgan fingerprint density at radius 3 is 2.83 bits per heavy atom. The maximum Gasteiger partial charge on any atom is 0.208 e. The van der Waals surface area contributed by atoms with Gasteiger partial charge in [0.05, 0.1) is 0 Å². The van der Waals surface area contributed by atoms with E-state index in [1.54, 1.807) is 11.3 Å². The number of aromatic nitrogens is 3. The van der Waals surface area contributed by atoms with E-state index in [4.69, 9.17) is 0 Å². The third kappa shape index (κ3) is 3.33. The number of nitrogens with one attached hydrogen (secondary N) is 1. The van der Waals surface area contributed by atoms with Gasteiger partial charge in [0.25, 0.3) is 0 Å². The summed E-state index contributed by atoms with van der Waals surface area (Å²) < 4.78 is 0.903. The minimum Gasteiger partial charge on any atom is -0.370 e. The van der Waals surface area contributed by atoms with E-state index in [1.165, 1.54) is 11.8 Å². The standard InChI is InChI=1S/C11H15N5S2/c1-4-12-8-6-5-7-9(13-8)17-11-15-14-10(18-11)16(2)3/h5-7H,4H2,1-3H3,(H,12,13). The summed E-state index contributed by atoms with van der Waals surface area (Å²) in [6.07, 6.45) is 0. The van der Waals surface area contributed by atoms with Crippen LogP contribution in [0.2, 0.25) is 0 Å². The number of rotatable bonds is 5. The second kappa shape index (κ2) is 6.01. The van der Waals surface area contributed by atoms with Gasteiger partial charge in [-0.2, -0.15) is 0 Å². The van der Waals surface area contributed by atoms with Crippen molar-refractivity contribution >= 4 is 34.0 Å². The fourth-order valence-corrected chi connectivity index (χ4v) is 2.96. The van der Waals surface area contributed by atoms with Crippen LogP contribution in [0.5, 0.6) is 0 Å². The molecule has 0 bridgehead atoms. The van der Waals surface area contributed by atoms with Crippen LogP contribution in [0.1, 0.15) is 6.92 Å². The molecule has 0 aliphatic rings. The van der Waals surface area contributed by atoms with Crippen molar-refractivity contribution < 1.29 is 0 Å². The van der Waals surface area contributed by atoms with Crippen molar-refractivity contribution in [2.24, 2.45) is 0 Å². The van der Waals surface area contributed by atoms with Crippen molar-refractivity contribution in [3.8, 4) is 0 Å². The smallest absolute Gasteiger partial charge is 0.208 e. The normalized spacial score (nSPS) is 10.4. The Labute approximate surface area is 115 Å². The number of anilines is 2. The number of nitrogens with zero attached hydrogens (tertiary/aromatic N) is 4. The zero-order valence-corrected chi connectivity index (χ0v) is 12.2. The third-order valence-corrected chi connectivity index (χ3v) is 4.13. The van der Waals surface area contributed by atoms with E-state index in [-0.39, 0.29) is 0 Å². The molecule has 1 N–H and O–H groups in total. The molecular weight excluding hydrogens is 266 g/mol. The van der Waals surface area contributed by atoms with E-state index in [9.17, 15) is 0 Å². The lowest BCUT2D eigenvalue weighted by Gasteiger charge is -2.04. The number of pyridine rings is 1. The molecule has 18 heavy (non-hydrogen) atoms. The molecule has 0 aromatic carbocycles. The molecule has 2 heterocycles. The van der Waals surface area contributed by atoms with E-state index in [1.807, 2.05) is 37.2 Å². The summed E-state index contributed by atoms with van der Waals surface area (Å²) in [6, 6.07) is 5.92. The van der Waals surface area contributed by atoms with Crippen LogP contribution in [-0.4, -0.2) is 35.8 Å². The highest BCUT2D eigenvalue weighted by Gasteiger charge is 2.08. The first-order valence-electron chi connectivity index (χ1n) is 5.58. The second-order valence-corrected chi connectivity index (χ2v) is 5.96. The Morgan fingerprint density at radius 1 is 1.33 bits per heavy atom. The molecule has 0 atom stereocenters.